The molecule has 1 aliphatic heterocycles. The molecule has 12 heteroatoms. The standard InChI is InChI=1S/C22H23N7O4.ClH/c1-22(20(32)29(11-18(30)31)21(33)27-22)13-5-8-16-15(9-13)26-17(28(16)2)10-25-14-6-3-12(4-7-14)19(23)24;/h3-9,25H,10-11H2,1-2H3,(H3,23,24)(H,27,33)(H,30,31);1H. The van der Waals surface area contributed by atoms with Gasteiger partial charge in [0.1, 0.15) is 23.7 Å². The van der Waals surface area contributed by atoms with E-state index in [2.05, 4.69) is 15.6 Å². The van der Waals surface area contributed by atoms with E-state index in [4.69, 9.17) is 16.2 Å². The Morgan fingerprint density at radius 1 is 1.24 bits per heavy atom. The van der Waals surface area contributed by atoms with E-state index in [0.717, 1.165) is 17.0 Å². The van der Waals surface area contributed by atoms with Gasteiger partial charge >= 0.3 is 12.0 Å². The third kappa shape index (κ3) is 4.25. The predicted octanol–water partition coefficient (Wildman–Crippen LogP) is 1.74. The number of carbonyl (C=O) groups is 3. The highest BCUT2D eigenvalue weighted by molar-refractivity contribution is 6.09. The summed E-state index contributed by atoms with van der Waals surface area (Å²) in [5.74, 6) is -1.14. The summed E-state index contributed by atoms with van der Waals surface area (Å²) >= 11 is 0. The fraction of sp³-hybridized carbons (Fsp3) is 0.227. The van der Waals surface area contributed by atoms with Gasteiger partial charge in [0.2, 0.25) is 0 Å². The summed E-state index contributed by atoms with van der Waals surface area (Å²) in [4.78, 5) is 41.4. The van der Waals surface area contributed by atoms with Crippen molar-refractivity contribution in [3.63, 3.8) is 0 Å². The number of aryl methyl sites for hydroxylation is 1. The van der Waals surface area contributed by atoms with Crippen molar-refractivity contribution in [2.75, 3.05) is 11.9 Å². The quantitative estimate of drug-likeness (QED) is 0.193. The second-order valence-electron chi connectivity index (χ2n) is 7.98. The van der Waals surface area contributed by atoms with Crippen LogP contribution in [0, 0.1) is 5.41 Å². The number of hydrogen-bond donors (Lipinski definition) is 5. The number of anilines is 1. The van der Waals surface area contributed by atoms with Gasteiger partial charge in [-0.1, -0.05) is 6.07 Å². The molecule has 6 N–H and O–H groups in total. The molecule has 0 saturated carbocycles. The Kier molecular flexibility index (Phi) is 6.51. The number of imide groups is 1. The first-order valence-electron chi connectivity index (χ1n) is 10.1. The van der Waals surface area contributed by atoms with Crippen molar-refractivity contribution >= 4 is 52.9 Å². The lowest BCUT2D eigenvalue weighted by atomic mass is 9.91. The minimum absolute atomic E-state index is 0. The number of nitrogens with two attached hydrogens (primary N) is 1. The fourth-order valence-electron chi connectivity index (χ4n) is 3.84. The molecule has 3 amide bonds. The minimum Gasteiger partial charge on any atom is -0.480 e. The van der Waals surface area contributed by atoms with Crippen molar-refractivity contribution in [3.8, 4) is 0 Å². The normalized spacial score (nSPS) is 17.4. The van der Waals surface area contributed by atoms with Gasteiger partial charge in [-0.05, 0) is 48.9 Å². The molecule has 0 radical (unpaired) electrons. The molecule has 1 fully saturated rings. The number of carboxylic acid groups (broad SMARTS) is 1. The SMILES string of the molecule is Cl.Cn1c(CNc2ccc(C(=N)N)cc2)nc2cc(C3(C)NC(=O)N(CC(=O)O)C3=O)ccc21. The first kappa shape index (κ1) is 24.5. The Hall–Kier alpha value is -4.12. The number of imidazole rings is 1. The molecule has 1 atom stereocenters. The van der Waals surface area contributed by atoms with E-state index < -0.39 is 30.0 Å². The first-order valence-corrected chi connectivity index (χ1v) is 10.1. The highest BCUT2D eigenvalue weighted by Crippen LogP contribution is 2.31. The third-order valence-electron chi connectivity index (χ3n) is 5.77. The van der Waals surface area contributed by atoms with Crippen LogP contribution < -0.4 is 16.4 Å². The van der Waals surface area contributed by atoms with Gasteiger partial charge in [0, 0.05) is 18.3 Å². The van der Waals surface area contributed by atoms with Crippen molar-refractivity contribution in [2.45, 2.75) is 19.0 Å². The number of nitrogens with one attached hydrogen (secondary N) is 3. The van der Waals surface area contributed by atoms with Gasteiger partial charge in [0.25, 0.3) is 5.91 Å². The second-order valence-corrected chi connectivity index (χ2v) is 7.98. The summed E-state index contributed by atoms with van der Waals surface area (Å²) in [6, 6.07) is 11.7. The lowest BCUT2D eigenvalue weighted by Gasteiger charge is -2.22. The van der Waals surface area contributed by atoms with E-state index in [9.17, 15) is 14.4 Å². The van der Waals surface area contributed by atoms with E-state index in [-0.39, 0.29) is 18.2 Å². The Morgan fingerprint density at radius 2 is 1.91 bits per heavy atom. The zero-order chi connectivity index (χ0) is 23.9. The van der Waals surface area contributed by atoms with Gasteiger partial charge in [-0.25, -0.2) is 9.78 Å². The molecule has 34 heavy (non-hydrogen) atoms. The molecule has 2 aromatic carbocycles. The van der Waals surface area contributed by atoms with Crippen LogP contribution in [0.25, 0.3) is 11.0 Å². The Labute approximate surface area is 200 Å². The molecule has 11 nitrogen and oxygen atoms in total. The number of aliphatic carboxylic acids is 1. The third-order valence-corrected chi connectivity index (χ3v) is 5.77. The highest BCUT2D eigenvalue weighted by atomic mass is 35.5. The number of carboxylic acids is 1. The van der Waals surface area contributed by atoms with Crippen LogP contribution >= 0.6 is 12.4 Å². The second kappa shape index (κ2) is 9.02. The first-order chi connectivity index (χ1) is 15.6. The van der Waals surface area contributed by atoms with E-state index in [1.165, 1.54) is 0 Å². The van der Waals surface area contributed by atoms with Crippen LogP contribution in [0.3, 0.4) is 0 Å². The molecule has 3 aromatic rings. The molecule has 4 rings (SSSR count). The zero-order valence-corrected chi connectivity index (χ0v) is 19.3. The fourth-order valence-corrected chi connectivity index (χ4v) is 3.84. The monoisotopic (exact) mass is 485 g/mol. The molecule has 0 bridgehead atoms. The summed E-state index contributed by atoms with van der Waals surface area (Å²) in [7, 11) is 1.88. The van der Waals surface area contributed by atoms with Crippen molar-refractivity contribution in [1.29, 1.82) is 5.41 Å². The van der Waals surface area contributed by atoms with E-state index >= 15 is 0 Å². The van der Waals surface area contributed by atoms with Crippen LogP contribution in [0.15, 0.2) is 42.5 Å². The molecular formula is C22H24ClN7O4. The van der Waals surface area contributed by atoms with Crippen LogP contribution in [-0.2, 0) is 28.7 Å². The molecule has 0 aliphatic carbocycles. The number of hydrogen-bond acceptors (Lipinski definition) is 6. The van der Waals surface area contributed by atoms with Crippen molar-refractivity contribution in [1.82, 2.24) is 19.8 Å². The maximum atomic E-state index is 12.8. The number of halogens is 1. The number of carbonyl (C=O) groups excluding carboxylic acids is 2. The number of fused-ring (bicyclic) bond motifs is 1. The van der Waals surface area contributed by atoms with Crippen molar-refractivity contribution in [3.05, 3.63) is 59.4 Å². The predicted molar refractivity (Wildman–Crippen MR) is 128 cm³/mol. The zero-order valence-electron chi connectivity index (χ0n) is 18.5. The highest BCUT2D eigenvalue weighted by Gasteiger charge is 2.49. The number of rotatable bonds is 7. The number of amidine groups is 1. The number of amides is 3. The summed E-state index contributed by atoms with van der Waals surface area (Å²) < 4.78 is 1.92. The van der Waals surface area contributed by atoms with Gasteiger partial charge in [0.05, 0.1) is 17.6 Å². The molecule has 1 aromatic heterocycles. The van der Waals surface area contributed by atoms with Crippen LogP contribution in [0.4, 0.5) is 10.5 Å². The molecular weight excluding hydrogens is 462 g/mol. The molecule has 2 heterocycles. The molecule has 1 unspecified atom stereocenters. The lowest BCUT2D eigenvalue weighted by Crippen LogP contribution is -2.41. The van der Waals surface area contributed by atoms with E-state index in [1.807, 2.05) is 29.8 Å². The van der Waals surface area contributed by atoms with Crippen molar-refractivity contribution < 1.29 is 19.5 Å². The number of aromatic nitrogens is 2. The van der Waals surface area contributed by atoms with Crippen LogP contribution in [0.1, 0.15) is 23.9 Å². The number of nitrogen functional groups attached to an aromatic ring is 1. The average Bonchev–Trinajstić information content (AvgIpc) is 3.20. The Morgan fingerprint density at radius 3 is 2.53 bits per heavy atom. The molecule has 0 spiro atoms. The average molecular weight is 486 g/mol. The maximum absolute atomic E-state index is 12.8. The van der Waals surface area contributed by atoms with E-state index in [1.54, 1.807) is 31.2 Å². The Bertz CT molecular complexity index is 1300. The van der Waals surface area contributed by atoms with Gasteiger partial charge in [-0.2, -0.15) is 0 Å². The summed E-state index contributed by atoms with van der Waals surface area (Å²) in [5.41, 5.74) is 7.57. The molecule has 1 saturated heterocycles. The van der Waals surface area contributed by atoms with Crippen molar-refractivity contribution in [2.24, 2.45) is 12.8 Å². The minimum atomic E-state index is -1.38. The van der Waals surface area contributed by atoms with Gasteiger partial charge in [-0.3, -0.25) is 19.9 Å². The van der Waals surface area contributed by atoms with E-state index in [0.29, 0.717) is 28.1 Å². The molecule has 1 aliphatic rings. The Balaban J connectivity index is 0.00000324. The van der Waals surface area contributed by atoms with Gasteiger partial charge < -0.3 is 26.0 Å². The van der Waals surface area contributed by atoms with Crippen LogP contribution in [-0.4, -0.2) is 49.8 Å². The maximum Gasteiger partial charge on any atom is 0.325 e. The molecule has 178 valence electrons. The smallest absolute Gasteiger partial charge is 0.325 e. The van der Waals surface area contributed by atoms with Gasteiger partial charge in [-0.15, -0.1) is 12.4 Å². The van der Waals surface area contributed by atoms with Gasteiger partial charge in [0.15, 0.2) is 0 Å². The summed E-state index contributed by atoms with van der Waals surface area (Å²) in [5, 5.41) is 22.3. The number of nitrogens with zero attached hydrogens (tertiary/aromatic N) is 3. The lowest BCUT2D eigenvalue weighted by molar-refractivity contribution is -0.142. The van der Waals surface area contributed by atoms with Crippen LogP contribution in [0.5, 0.6) is 0 Å². The summed E-state index contributed by atoms with van der Waals surface area (Å²) in [6.07, 6.45) is 0. The number of benzene rings is 2. The van der Waals surface area contributed by atoms with Crippen LogP contribution in [0.2, 0.25) is 0 Å². The number of urea groups is 1. The summed E-state index contributed by atoms with van der Waals surface area (Å²) in [6.45, 7) is 1.28. The topological polar surface area (TPSA) is 166 Å². The largest absolute Gasteiger partial charge is 0.480 e.